The van der Waals surface area contributed by atoms with Crippen molar-refractivity contribution in [3.63, 3.8) is 0 Å². The van der Waals surface area contributed by atoms with Gasteiger partial charge in [-0.3, -0.25) is 4.79 Å². The number of carbonyl (C=O) groups excluding carboxylic acids is 1. The number of hydrogen-bond acceptors (Lipinski definition) is 2. The largest absolute Gasteiger partial charge is 0.383 e. The molecule has 0 aromatic rings. The lowest BCUT2D eigenvalue weighted by molar-refractivity contribution is 0.199. The minimum atomic E-state index is -0.540. The second kappa shape index (κ2) is 4.87. The van der Waals surface area contributed by atoms with Crippen LogP contribution in [-0.4, -0.2) is 25.6 Å². The van der Waals surface area contributed by atoms with Gasteiger partial charge in [-0.1, -0.05) is 0 Å². The van der Waals surface area contributed by atoms with E-state index in [0.717, 1.165) is 0 Å². The normalized spacial score (nSPS) is 8.75. The van der Waals surface area contributed by atoms with Crippen LogP contribution in [0, 0.1) is 0 Å². The standard InChI is InChI=1S/C4H8ClNO2/c1-8-3-2-6-4(5)7/h2-3H2,1H3,(H,6,7). The Hall–Kier alpha value is -0.280. The number of hydrogen-bond donors (Lipinski definition) is 1. The molecule has 0 saturated heterocycles. The van der Waals surface area contributed by atoms with Crippen molar-refractivity contribution in [2.24, 2.45) is 0 Å². The first-order valence-corrected chi connectivity index (χ1v) is 2.57. The summed E-state index contributed by atoms with van der Waals surface area (Å²) in [7, 11) is 1.56. The highest BCUT2D eigenvalue weighted by molar-refractivity contribution is 6.62. The van der Waals surface area contributed by atoms with Gasteiger partial charge in [-0.2, -0.15) is 0 Å². The predicted octanol–water partition coefficient (Wildman–Crippen LogP) is 0.581. The Bertz CT molecular complexity index is 76.4. The van der Waals surface area contributed by atoms with Crippen LogP contribution in [0.1, 0.15) is 0 Å². The molecular formula is C4H8ClNO2. The van der Waals surface area contributed by atoms with Crippen molar-refractivity contribution in [2.45, 2.75) is 0 Å². The molecule has 0 rings (SSSR count). The summed E-state index contributed by atoms with van der Waals surface area (Å²) in [5, 5.41) is 1.81. The maximum absolute atomic E-state index is 9.92. The summed E-state index contributed by atoms with van der Waals surface area (Å²) in [5.41, 5.74) is 0. The minimum absolute atomic E-state index is 0.471. The number of ether oxygens (including phenoxy) is 1. The van der Waals surface area contributed by atoms with Crippen LogP contribution in [0.3, 0.4) is 0 Å². The van der Waals surface area contributed by atoms with E-state index >= 15 is 0 Å². The monoisotopic (exact) mass is 137 g/mol. The Morgan fingerprint density at radius 2 is 2.50 bits per heavy atom. The Balaban J connectivity index is 2.82. The maximum atomic E-state index is 9.92. The summed E-state index contributed by atoms with van der Waals surface area (Å²) in [6.45, 7) is 0.970. The fraction of sp³-hybridized carbons (Fsp3) is 0.750. The van der Waals surface area contributed by atoms with Gasteiger partial charge in [-0.15, -0.1) is 0 Å². The number of carbonyl (C=O) groups is 1. The summed E-state index contributed by atoms with van der Waals surface area (Å²) in [4.78, 5) is 9.92. The molecule has 0 atom stereocenters. The first-order chi connectivity index (χ1) is 3.77. The van der Waals surface area contributed by atoms with Crippen molar-refractivity contribution in [3.8, 4) is 0 Å². The summed E-state index contributed by atoms with van der Waals surface area (Å²) in [6.07, 6.45) is 0. The summed E-state index contributed by atoms with van der Waals surface area (Å²) in [5.74, 6) is 0. The second-order valence-corrected chi connectivity index (χ2v) is 1.54. The quantitative estimate of drug-likeness (QED) is 0.351. The summed E-state index contributed by atoms with van der Waals surface area (Å²) < 4.78 is 4.62. The Kier molecular flexibility index (Phi) is 4.70. The number of amides is 1. The van der Waals surface area contributed by atoms with Crippen LogP contribution in [0.15, 0.2) is 0 Å². The van der Waals surface area contributed by atoms with E-state index in [9.17, 15) is 4.79 Å². The van der Waals surface area contributed by atoms with Crippen molar-refractivity contribution in [3.05, 3.63) is 0 Å². The molecule has 0 spiro atoms. The third kappa shape index (κ3) is 5.72. The second-order valence-electron chi connectivity index (χ2n) is 1.19. The molecule has 0 aromatic heterocycles. The van der Waals surface area contributed by atoms with Gasteiger partial charge < -0.3 is 10.1 Å². The van der Waals surface area contributed by atoms with Crippen LogP contribution < -0.4 is 5.32 Å². The maximum Gasteiger partial charge on any atom is 0.313 e. The zero-order valence-corrected chi connectivity index (χ0v) is 5.36. The average molecular weight is 138 g/mol. The van der Waals surface area contributed by atoms with Gasteiger partial charge in [0.15, 0.2) is 0 Å². The summed E-state index contributed by atoms with van der Waals surface area (Å²) >= 11 is 4.91. The van der Waals surface area contributed by atoms with Crippen molar-refractivity contribution in [2.75, 3.05) is 20.3 Å². The van der Waals surface area contributed by atoms with Crippen LogP contribution in [-0.2, 0) is 4.74 Å². The first-order valence-electron chi connectivity index (χ1n) is 2.19. The van der Waals surface area contributed by atoms with Gasteiger partial charge in [0.05, 0.1) is 6.61 Å². The molecule has 3 nitrogen and oxygen atoms in total. The van der Waals surface area contributed by atoms with Crippen LogP contribution in [0.2, 0.25) is 0 Å². The van der Waals surface area contributed by atoms with Crippen molar-refractivity contribution in [1.29, 1.82) is 0 Å². The van der Waals surface area contributed by atoms with Crippen LogP contribution in [0.5, 0.6) is 0 Å². The van der Waals surface area contributed by atoms with Crippen LogP contribution >= 0.6 is 11.6 Å². The molecule has 0 radical (unpaired) electrons. The molecule has 8 heavy (non-hydrogen) atoms. The van der Waals surface area contributed by atoms with Gasteiger partial charge in [0.2, 0.25) is 0 Å². The average Bonchev–Trinajstić information content (AvgIpc) is 1.66. The summed E-state index contributed by atoms with van der Waals surface area (Å²) in [6, 6.07) is 0. The molecule has 0 aliphatic heterocycles. The molecule has 0 heterocycles. The molecule has 1 N–H and O–H groups in total. The van der Waals surface area contributed by atoms with E-state index in [2.05, 4.69) is 10.1 Å². The fourth-order valence-electron chi connectivity index (χ4n) is 0.251. The van der Waals surface area contributed by atoms with Crippen molar-refractivity contribution < 1.29 is 9.53 Å². The fourth-order valence-corrected chi connectivity index (χ4v) is 0.346. The molecule has 48 valence electrons. The van der Waals surface area contributed by atoms with E-state index in [1.807, 2.05) is 0 Å². The molecule has 0 fully saturated rings. The SMILES string of the molecule is COCCNC(=O)Cl. The van der Waals surface area contributed by atoms with E-state index in [1.54, 1.807) is 7.11 Å². The lowest BCUT2D eigenvalue weighted by Crippen LogP contribution is -2.20. The number of halogens is 1. The van der Waals surface area contributed by atoms with E-state index in [1.165, 1.54) is 0 Å². The highest BCUT2D eigenvalue weighted by Gasteiger charge is 1.88. The smallest absolute Gasteiger partial charge is 0.313 e. The van der Waals surface area contributed by atoms with E-state index in [-0.39, 0.29) is 0 Å². The van der Waals surface area contributed by atoms with E-state index in [0.29, 0.717) is 13.2 Å². The molecule has 0 aliphatic carbocycles. The Morgan fingerprint density at radius 3 is 2.88 bits per heavy atom. The van der Waals surface area contributed by atoms with Crippen LogP contribution in [0.4, 0.5) is 4.79 Å². The third-order valence-electron chi connectivity index (χ3n) is 0.570. The van der Waals surface area contributed by atoms with Gasteiger partial charge >= 0.3 is 5.37 Å². The molecule has 0 saturated carbocycles. The predicted molar refractivity (Wildman–Crippen MR) is 31.1 cm³/mol. The number of methoxy groups -OCH3 is 1. The Morgan fingerprint density at radius 1 is 1.88 bits per heavy atom. The highest BCUT2D eigenvalue weighted by Crippen LogP contribution is 1.74. The molecule has 0 unspecified atom stereocenters. The van der Waals surface area contributed by atoms with Gasteiger partial charge in [0.25, 0.3) is 0 Å². The van der Waals surface area contributed by atoms with Gasteiger partial charge in [0, 0.05) is 13.7 Å². The van der Waals surface area contributed by atoms with Crippen LogP contribution in [0.25, 0.3) is 0 Å². The zero-order chi connectivity index (χ0) is 6.41. The van der Waals surface area contributed by atoms with Gasteiger partial charge in [0.1, 0.15) is 0 Å². The van der Waals surface area contributed by atoms with Gasteiger partial charge in [-0.05, 0) is 11.6 Å². The number of rotatable bonds is 3. The lowest BCUT2D eigenvalue weighted by Gasteiger charge is -1.95. The first kappa shape index (κ1) is 7.72. The molecule has 0 aliphatic rings. The molecular weight excluding hydrogens is 130 g/mol. The third-order valence-corrected chi connectivity index (χ3v) is 0.704. The van der Waals surface area contributed by atoms with Crippen molar-refractivity contribution >= 4 is 17.0 Å². The van der Waals surface area contributed by atoms with E-state index < -0.39 is 5.37 Å². The highest BCUT2D eigenvalue weighted by atomic mass is 35.5. The molecule has 0 bridgehead atoms. The minimum Gasteiger partial charge on any atom is -0.383 e. The van der Waals surface area contributed by atoms with Crippen molar-refractivity contribution in [1.82, 2.24) is 5.32 Å². The number of nitrogens with one attached hydrogen (secondary N) is 1. The zero-order valence-electron chi connectivity index (χ0n) is 4.61. The van der Waals surface area contributed by atoms with E-state index in [4.69, 9.17) is 11.6 Å². The van der Waals surface area contributed by atoms with Gasteiger partial charge in [-0.25, -0.2) is 0 Å². The molecule has 0 aromatic carbocycles. The lowest BCUT2D eigenvalue weighted by atomic mass is 10.7. The molecule has 1 amide bonds. The Labute approximate surface area is 53.0 Å². The molecule has 4 heteroatoms. The topological polar surface area (TPSA) is 38.3 Å².